The molecule has 3 aromatic heterocycles. The molecule has 0 aliphatic heterocycles. The minimum absolute atomic E-state index is 0. The Labute approximate surface area is 162 Å². The monoisotopic (exact) mass is 404 g/mol. The van der Waals surface area contributed by atoms with Crippen LogP contribution < -0.4 is 10.6 Å². The highest BCUT2D eigenvalue weighted by Gasteiger charge is 2.20. The van der Waals surface area contributed by atoms with Crippen molar-refractivity contribution < 1.29 is 4.79 Å². The molecule has 3 aromatic rings. The molecule has 0 aliphatic carbocycles. The van der Waals surface area contributed by atoms with Gasteiger partial charge in [-0.1, -0.05) is 11.6 Å². The van der Waals surface area contributed by atoms with Crippen LogP contribution in [0, 0.1) is 0 Å². The first-order valence-electron chi connectivity index (χ1n) is 7.13. The molecule has 7 nitrogen and oxygen atoms in total. The third kappa shape index (κ3) is 4.85. The van der Waals surface area contributed by atoms with E-state index in [2.05, 4.69) is 20.7 Å². The first-order chi connectivity index (χ1) is 11.1. The van der Waals surface area contributed by atoms with Crippen molar-refractivity contribution in [1.82, 2.24) is 29.8 Å². The summed E-state index contributed by atoms with van der Waals surface area (Å²) in [7, 11) is 3.56. The van der Waals surface area contributed by atoms with Gasteiger partial charge in [-0.25, -0.2) is 4.98 Å². The van der Waals surface area contributed by atoms with E-state index in [4.69, 9.17) is 11.6 Å². The third-order valence-electron chi connectivity index (χ3n) is 3.52. The number of rotatable bonds is 5. The lowest BCUT2D eigenvalue weighted by Crippen LogP contribution is -2.35. The van der Waals surface area contributed by atoms with E-state index in [0.717, 1.165) is 16.9 Å². The van der Waals surface area contributed by atoms with Crippen molar-refractivity contribution in [3.63, 3.8) is 0 Å². The second-order valence-electron chi connectivity index (χ2n) is 5.23. The number of carbonyl (C=O) groups is 1. The van der Waals surface area contributed by atoms with Gasteiger partial charge in [0.1, 0.15) is 11.7 Å². The fourth-order valence-electron chi connectivity index (χ4n) is 2.42. The second kappa shape index (κ2) is 9.05. The lowest BCUT2D eigenvalue weighted by atomic mass is 10.1. The maximum absolute atomic E-state index is 12.4. The molecule has 0 radical (unpaired) electrons. The average Bonchev–Trinajstić information content (AvgIpc) is 3.11. The van der Waals surface area contributed by atoms with Gasteiger partial charge in [-0.3, -0.25) is 9.48 Å². The number of likely N-dealkylation sites (N-methyl/N-ethyl adjacent to an activating group) is 1. The largest absolute Gasteiger partial charge is 0.349 e. The lowest BCUT2D eigenvalue weighted by Gasteiger charge is -2.13. The summed E-state index contributed by atoms with van der Waals surface area (Å²) in [6.07, 6.45) is 7.11. The van der Waals surface area contributed by atoms with Crippen LogP contribution in [0.25, 0.3) is 5.65 Å². The molecule has 1 atom stereocenters. The highest BCUT2D eigenvalue weighted by atomic mass is 35.5. The van der Waals surface area contributed by atoms with Crippen LogP contribution in [0.4, 0.5) is 0 Å². The molecule has 136 valence electrons. The SMILES string of the molecule is CNC(C(=O)NCc1cn2cc(Cl)ccc2n1)c1cnn(C)c1.Cl.Cl. The van der Waals surface area contributed by atoms with E-state index in [0.29, 0.717) is 11.6 Å². The smallest absolute Gasteiger partial charge is 0.242 e. The Morgan fingerprint density at radius 2 is 2.04 bits per heavy atom. The maximum atomic E-state index is 12.4. The lowest BCUT2D eigenvalue weighted by molar-refractivity contribution is -0.123. The average molecular weight is 406 g/mol. The van der Waals surface area contributed by atoms with Gasteiger partial charge >= 0.3 is 0 Å². The minimum atomic E-state index is -0.449. The fourth-order valence-corrected chi connectivity index (χ4v) is 2.59. The van der Waals surface area contributed by atoms with Crippen molar-refractivity contribution in [1.29, 1.82) is 0 Å². The van der Waals surface area contributed by atoms with Gasteiger partial charge < -0.3 is 15.0 Å². The van der Waals surface area contributed by atoms with E-state index >= 15 is 0 Å². The summed E-state index contributed by atoms with van der Waals surface area (Å²) in [4.78, 5) is 16.8. The van der Waals surface area contributed by atoms with Gasteiger partial charge in [0.25, 0.3) is 0 Å². The highest BCUT2D eigenvalue weighted by molar-refractivity contribution is 6.30. The summed E-state index contributed by atoms with van der Waals surface area (Å²) in [6.45, 7) is 0.344. The Balaban J connectivity index is 0.00000156. The van der Waals surface area contributed by atoms with Gasteiger partial charge in [-0.2, -0.15) is 5.10 Å². The molecule has 0 bridgehead atoms. The zero-order valence-corrected chi connectivity index (χ0v) is 16.0. The molecule has 3 heterocycles. The number of nitrogens with one attached hydrogen (secondary N) is 2. The topological polar surface area (TPSA) is 76.2 Å². The van der Waals surface area contributed by atoms with E-state index < -0.39 is 6.04 Å². The molecular formula is C15H19Cl3N6O. The predicted octanol–water partition coefficient (Wildman–Crippen LogP) is 2.14. The Kier molecular flexibility index (Phi) is 7.69. The number of fused-ring (bicyclic) bond motifs is 1. The van der Waals surface area contributed by atoms with E-state index in [-0.39, 0.29) is 30.7 Å². The maximum Gasteiger partial charge on any atom is 0.242 e. The first kappa shape index (κ1) is 21.2. The Morgan fingerprint density at radius 1 is 1.28 bits per heavy atom. The number of pyridine rings is 1. The van der Waals surface area contributed by atoms with Gasteiger partial charge in [0.05, 0.1) is 23.5 Å². The molecule has 1 amide bonds. The van der Waals surface area contributed by atoms with Crippen LogP contribution >= 0.6 is 36.4 Å². The number of aryl methyl sites for hydroxylation is 1. The van der Waals surface area contributed by atoms with Crippen LogP contribution in [0.15, 0.2) is 36.9 Å². The number of hydrogen-bond donors (Lipinski definition) is 2. The summed E-state index contributed by atoms with van der Waals surface area (Å²) >= 11 is 5.95. The molecule has 0 saturated heterocycles. The minimum Gasteiger partial charge on any atom is -0.349 e. The van der Waals surface area contributed by atoms with Gasteiger partial charge in [0.2, 0.25) is 5.91 Å². The van der Waals surface area contributed by atoms with Crippen molar-refractivity contribution in [2.24, 2.45) is 7.05 Å². The summed E-state index contributed by atoms with van der Waals surface area (Å²) < 4.78 is 3.50. The van der Waals surface area contributed by atoms with Gasteiger partial charge in [-0.15, -0.1) is 24.8 Å². The molecule has 0 aliphatic rings. The zero-order valence-electron chi connectivity index (χ0n) is 13.6. The molecule has 0 saturated carbocycles. The van der Waals surface area contributed by atoms with E-state index in [9.17, 15) is 4.79 Å². The van der Waals surface area contributed by atoms with Gasteiger partial charge in [0.15, 0.2) is 0 Å². The Bertz CT molecular complexity index is 847. The number of imidazole rings is 1. The number of nitrogens with zero attached hydrogens (tertiary/aromatic N) is 4. The molecule has 2 N–H and O–H groups in total. The number of halogens is 3. The van der Waals surface area contributed by atoms with E-state index in [1.807, 2.05) is 29.9 Å². The number of hydrogen-bond acceptors (Lipinski definition) is 4. The quantitative estimate of drug-likeness (QED) is 0.682. The van der Waals surface area contributed by atoms with Crippen LogP contribution in [0.3, 0.4) is 0 Å². The molecule has 0 spiro atoms. The van der Waals surface area contributed by atoms with Crippen LogP contribution in [0.2, 0.25) is 5.02 Å². The number of aromatic nitrogens is 4. The standard InChI is InChI=1S/C15H17ClN6O.2ClH/c1-17-14(10-5-19-21(2)7-10)15(23)18-6-12-9-22-8-11(16)3-4-13(22)20-12;;/h3-5,7-9,14,17H,6H2,1-2H3,(H,18,23);2*1H. The van der Waals surface area contributed by atoms with E-state index in [1.165, 1.54) is 0 Å². The molecule has 3 rings (SSSR count). The van der Waals surface area contributed by atoms with Crippen molar-refractivity contribution in [2.45, 2.75) is 12.6 Å². The van der Waals surface area contributed by atoms with Crippen molar-refractivity contribution in [3.05, 3.63) is 53.2 Å². The number of amides is 1. The Morgan fingerprint density at radius 3 is 2.68 bits per heavy atom. The van der Waals surface area contributed by atoms with Gasteiger partial charge in [-0.05, 0) is 19.2 Å². The third-order valence-corrected chi connectivity index (χ3v) is 3.74. The second-order valence-corrected chi connectivity index (χ2v) is 5.67. The first-order valence-corrected chi connectivity index (χ1v) is 7.51. The molecule has 1 unspecified atom stereocenters. The summed E-state index contributed by atoms with van der Waals surface area (Å²) in [5.41, 5.74) is 2.37. The molecule has 10 heteroatoms. The van der Waals surface area contributed by atoms with E-state index in [1.54, 1.807) is 30.2 Å². The number of carbonyl (C=O) groups excluding carboxylic acids is 1. The van der Waals surface area contributed by atoms with Crippen molar-refractivity contribution >= 4 is 48.0 Å². The van der Waals surface area contributed by atoms with Crippen molar-refractivity contribution in [3.8, 4) is 0 Å². The highest BCUT2D eigenvalue weighted by Crippen LogP contribution is 2.13. The zero-order chi connectivity index (χ0) is 16.4. The van der Waals surface area contributed by atoms with Crippen LogP contribution in [0.1, 0.15) is 17.3 Å². The molecular weight excluding hydrogens is 387 g/mol. The summed E-state index contributed by atoms with van der Waals surface area (Å²) in [5.74, 6) is -0.129. The molecule has 25 heavy (non-hydrogen) atoms. The van der Waals surface area contributed by atoms with Gasteiger partial charge in [0, 0.05) is 31.2 Å². The molecule has 0 fully saturated rings. The van der Waals surface area contributed by atoms with Crippen molar-refractivity contribution in [2.75, 3.05) is 7.05 Å². The summed E-state index contributed by atoms with van der Waals surface area (Å²) in [6, 6.07) is 3.17. The van der Waals surface area contributed by atoms with Crippen LogP contribution in [-0.2, 0) is 18.4 Å². The fraction of sp³-hybridized carbons (Fsp3) is 0.267. The normalized spacial score (nSPS) is 11.5. The predicted molar refractivity (Wildman–Crippen MR) is 102 cm³/mol. The Hall–Kier alpha value is -1.80. The van der Waals surface area contributed by atoms with Crippen LogP contribution in [0.5, 0.6) is 0 Å². The molecule has 0 aromatic carbocycles. The summed E-state index contributed by atoms with van der Waals surface area (Å²) in [5, 5.41) is 10.6. The van der Waals surface area contributed by atoms with Crippen LogP contribution in [-0.4, -0.2) is 32.1 Å².